The van der Waals surface area contributed by atoms with Crippen LogP contribution < -0.4 is 5.73 Å². The number of aryl methyl sites for hydroxylation is 1. The zero-order valence-electron chi connectivity index (χ0n) is 7.83. The monoisotopic (exact) mass is 210 g/mol. The van der Waals surface area contributed by atoms with E-state index in [1.165, 1.54) is 0 Å². The van der Waals surface area contributed by atoms with Crippen LogP contribution in [0.4, 0.5) is 0 Å². The summed E-state index contributed by atoms with van der Waals surface area (Å²) < 4.78 is 0. The molecular formula is C10H11ClN2O. The van der Waals surface area contributed by atoms with E-state index in [1.54, 1.807) is 18.3 Å². The Morgan fingerprint density at radius 1 is 1.71 bits per heavy atom. The van der Waals surface area contributed by atoms with Gasteiger partial charge in [0.15, 0.2) is 0 Å². The molecular weight excluding hydrogens is 200 g/mol. The molecule has 0 radical (unpaired) electrons. The Bertz CT molecular complexity index is 374. The van der Waals surface area contributed by atoms with Gasteiger partial charge < -0.3 is 5.73 Å². The predicted octanol–water partition coefficient (Wildman–Crippen LogP) is 1.93. The summed E-state index contributed by atoms with van der Waals surface area (Å²) in [6, 6.07) is 1.90. The molecule has 0 bridgehead atoms. The number of nitrogens with zero attached hydrogens (tertiary/aromatic N) is 1. The van der Waals surface area contributed by atoms with E-state index in [9.17, 15) is 4.79 Å². The lowest BCUT2D eigenvalue weighted by Crippen LogP contribution is -2.07. The summed E-state index contributed by atoms with van der Waals surface area (Å²) in [4.78, 5) is 14.4. The quantitative estimate of drug-likeness (QED) is 0.776. The number of carbonyl (C=O) groups excluding carboxylic acids is 1. The largest absolute Gasteiger partial charge is 0.369 e. The van der Waals surface area contributed by atoms with E-state index in [0.29, 0.717) is 5.15 Å². The van der Waals surface area contributed by atoms with Gasteiger partial charge in [-0.1, -0.05) is 23.8 Å². The minimum Gasteiger partial charge on any atom is -0.369 e. The first-order chi connectivity index (χ1) is 6.59. The molecule has 4 heteroatoms. The van der Waals surface area contributed by atoms with Crippen molar-refractivity contribution in [1.82, 2.24) is 4.98 Å². The first-order valence-corrected chi connectivity index (χ1v) is 4.54. The molecule has 1 heterocycles. The van der Waals surface area contributed by atoms with Crippen LogP contribution in [0.5, 0.6) is 0 Å². The molecule has 2 N–H and O–H groups in total. The highest BCUT2D eigenvalue weighted by Crippen LogP contribution is 2.15. The molecule has 0 fully saturated rings. The van der Waals surface area contributed by atoms with Crippen molar-refractivity contribution in [1.29, 1.82) is 0 Å². The Hall–Kier alpha value is -1.35. The van der Waals surface area contributed by atoms with Crippen molar-refractivity contribution in [2.45, 2.75) is 13.3 Å². The second kappa shape index (κ2) is 4.77. The van der Waals surface area contributed by atoms with Gasteiger partial charge in [-0.2, -0.15) is 0 Å². The number of hydrogen-bond acceptors (Lipinski definition) is 2. The van der Waals surface area contributed by atoms with E-state index in [1.807, 2.05) is 13.0 Å². The minimum atomic E-state index is -0.363. The van der Waals surface area contributed by atoms with Crippen LogP contribution in [-0.4, -0.2) is 10.9 Å². The zero-order valence-corrected chi connectivity index (χ0v) is 8.58. The number of halogens is 1. The summed E-state index contributed by atoms with van der Waals surface area (Å²) in [6.07, 6.45) is 5.32. The summed E-state index contributed by atoms with van der Waals surface area (Å²) in [6.45, 7) is 1.93. The molecule has 0 unspecified atom stereocenters. The molecule has 0 aromatic carbocycles. The second-order valence-electron chi connectivity index (χ2n) is 2.97. The highest BCUT2D eigenvalue weighted by molar-refractivity contribution is 6.30. The van der Waals surface area contributed by atoms with Gasteiger partial charge >= 0.3 is 0 Å². The molecule has 1 rings (SSSR count). The highest BCUT2D eigenvalue weighted by atomic mass is 35.5. The first-order valence-electron chi connectivity index (χ1n) is 4.16. The van der Waals surface area contributed by atoms with Crippen molar-refractivity contribution < 1.29 is 4.79 Å². The van der Waals surface area contributed by atoms with Crippen molar-refractivity contribution in [3.63, 3.8) is 0 Å². The van der Waals surface area contributed by atoms with E-state index in [-0.39, 0.29) is 12.3 Å². The van der Waals surface area contributed by atoms with Crippen LogP contribution in [0.2, 0.25) is 5.15 Å². The fraction of sp³-hybridized carbons (Fsp3) is 0.200. The van der Waals surface area contributed by atoms with Gasteiger partial charge in [-0.05, 0) is 18.6 Å². The van der Waals surface area contributed by atoms with Crippen LogP contribution in [0.1, 0.15) is 17.5 Å². The van der Waals surface area contributed by atoms with Crippen LogP contribution in [0.25, 0.3) is 6.08 Å². The van der Waals surface area contributed by atoms with E-state index in [2.05, 4.69) is 4.98 Å². The maximum Gasteiger partial charge on any atom is 0.221 e. The second-order valence-corrected chi connectivity index (χ2v) is 3.32. The first kappa shape index (κ1) is 10.7. The smallest absolute Gasteiger partial charge is 0.221 e. The van der Waals surface area contributed by atoms with E-state index in [0.717, 1.165) is 11.1 Å². The van der Waals surface area contributed by atoms with Crippen molar-refractivity contribution in [3.8, 4) is 0 Å². The predicted molar refractivity (Wildman–Crippen MR) is 56.8 cm³/mol. The van der Waals surface area contributed by atoms with E-state index >= 15 is 0 Å². The number of carbonyl (C=O) groups is 1. The molecule has 0 saturated carbocycles. The van der Waals surface area contributed by atoms with Gasteiger partial charge in [0.05, 0.1) is 0 Å². The van der Waals surface area contributed by atoms with Crippen LogP contribution >= 0.6 is 11.6 Å². The van der Waals surface area contributed by atoms with Crippen molar-refractivity contribution in [2.24, 2.45) is 5.73 Å². The molecule has 0 aliphatic rings. The van der Waals surface area contributed by atoms with Crippen molar-refractivity contribution >= 4 is 23.6 Å². The Balaban J connectivity index is 2.80. The lowest BCUT2D eigenvalue weighted by atomic mass is 10.2. The number of rotatable bonds is 3. The lowest BCUT2D eigenvalue weighted by Gasteiger charge is -1.98. The fourth-order valence-corrected chi connectivity index (χ4v) is 1.16. The molecule has 0 atom stereocenters. The Labute approximate surface area is 87.6 Å². The molecule has 3 nitrogen and oxygen atoms in total. The maximum absolute atomic E-state index is 10.5. The van der Waals surface area contributed by atoms with Gasteiger partial charge in [0.25, 0.3) is 0 Å². The number of nitrogens with two attached hydrogens (primary N) is 1. The summed E-state index contributed by atoms with van der Waals surface area (Å²) in [5, 5.41) is 0.427. The SMILES string of the molecule is Cc1cnc(Cl)c(C=CCC(N)=O)c1. The molecule has 0 saturated heterocycles. The molecule has 1 amide bonds. The molecule has 0 aliphatic heterocycles. The Kier molecular flexibility index (Phi) is 3.65. The Morgan fingerprint density at radius 2 is 2.43 bits per heavy atom. The van der Waals surface area contributed by atoms with Gasteiger partial charge in [0.1, 0.15) is 5.15 Å². The molecule has 1 aromatic rings. The highest BCUT2D eigenvalue weighted by Gasteiger charge is 1.97. The van der Waals surface area contributed by atoms with E-state index in [4.69, 9.17) is 17.3 Å². The number of hydrogen-bond donors (Lipinski definition) is 1. The van der Waals surface area contributed by atoms with Crippen LogP contribution in [0.15, 0.2) is 18.3 Å². The topological polar surface area (TPSA) is 56.0 Å². The van der Waals surface area contributed by atoms with Gasteiger partial charge in [-0.3, -0.25) is 4.79 Å². The average molecular weight is 211 g/mol. The third kappa shape index (κ3) is 3.18. The average Bonchev–Trinajstić information content (AvgIpc) is 2.10. The Morgan fingerprint density at radius 3 is 3.07 bits per heavy atom. The van der Waals surface area contributed by atoms with Crippen molar-refractivity contribution in [2.75, 3.05) is 0 Å². The third-order valence-electron chi connectivity index (χ3n) is 1.62. The van der Waals surface area contributed by atoms with Gasteiger partial charge in [0, 0.05) is 18.2 Å². The van der Waals surface area contributed by atoms with Gasteiger partial charge in [-0.15, -0.1) is 0 Å². The zero-order chi connectivity index (χ0) is 10.6. The fourth-order valence-electron chi connectivity index (χ4n) is 0.994. The summed E-state index contributed by atoms with van der Waals surface area (Å²) in [7, 11) is 0. The number of amides is 1. The summed E-state index contributed by atoms with van der Waals surface area (Å²) >= 11 is 5.83. The molecule has 0 aliphatic carbocycles. The molecule has 1 aromatic heterocycles. The molecule has 14 heavy (non-hydrogen) atoms. The van der Waals surface area contributed by atoms with Crippen LogP contribution in [0.3, 0.4) is 0 Å². The normalized spacial score (nSPS) is 10.7. The number of aromatic nitrogens is 1. The van der Waals surface area contributed by atoms with Crippen molar-refractivity contribution in [3.05, 3.63) is 34.6 Å². The summed E-state index contributed by atoms with van der Waals surface area (Å²) in [5.41, 5.74) is 6.81. The van der Waals surface area contributed by atoms with Crippen LogP contribution in [-0.2, 0) is 4.79 Å². The summed E-state index contributed by atoms with van der Waals surface area (Å²) in [5.74, 6) is -0.363. The number of pyridine rings is 1. The van der Waals surface area contributed by atoms with Crippen LogP contribution in [0, 0.1) is 6.92 Å². The van der Waals surface area contributed by atoms with Gasteiger partial charge in [0.2, 0.25) is 5.91 Å². The van der Waals surface area contributed by atoms with E-state index < -0.39 is 0 Å². The maximum atomic E-state index is 10.5. The number of primary amides is 1. The molecule has 0 spiro atoms. The standard InChI is InChI=1S/C10H11ClN2O/c1-7-5-8(10(11)13-6-7)3-2-4-9(12)14/h2-3,5-6H,4H2,1H3,(H2,12,14). The lowest BCUT2D eigenvalue weighted by molar-refractivity contribution is -0.117. The van der Waals surface area contributed by atoms with Gasteiger partial charge in [-0.25, -0.2) is 4.98 Å². The third-order valence-corrected chi connectivity index (χ3v) is 1.94. The minimum absolute atomic E-state index is 0.213. The molecule has 74 valence electrons.